The summed E-state index contributed by atoms with van der Waals surface area (Å²) in [5.41, 5.74) is 8.80. The Morgan fingerprint density at radius 2 is 2.26 bits per heavy atom. The molecule has 0 saturated heterocycles. The van der Waals surface area contributed by atoms with Gasteiger partial charge in [-0.15, -0.1) is 0 Å². The van der Waals surface area contributed by atoms with Crippen LogP contribution in [0.15, 0.2) is 29.3 Å². The van der Waals surface area contributed by atoms with Gasteiger partial charge in [0, 0.05) is 5.69 Å². The number of benzene rings is 1. The maximum atomic E-state index is 6.19. The summed E-state index contributed by atoms with van der Waals surface area (Å²) < 4.78 is 0. The number of hydrogen-bond acceptors (Lipinski definition) is 3. The normalized spacial score (nSPS) is 30.7. The van der Waals surface area contributed by atoms with Crippen LogP contribution >= 0.6 is 0 Å². The molecule has 1 heterocycles. The molecule has 1 aliphatic carbocycles. The zero-order chi connectivity index (χ0) is 13.5. The molecule has 3 heteroatoms. The van der Waals surface area contributed by atoms with E-state index in [4.69, 9.17) is 5.73 Å². The first-order chi connectivity index (χ1) is 9.11. The number of nitrogens with two attached hydrogens (primary N) is 1. The predicted octanol–water partition coefficient (Wildman–Crippen LogP) is 3.08. The number of aryl methyl sites for hydroxylation is 1. The summed E-state index contributed by atoms with van der Waals surface area (Å²) in [5.74, 6) is 1.46. The Balaban J connectivity index is 1.98. The quantitative estimate of drug-likeness (QED) is 0.840. The van der Waals surface area contributed by atoms with Gasteiger partial charge in [-0.2, -0.15) is 0 Å². The van der Waals surface area contributed by atoms with Gasteiger partial charge in [-0.05, 0) is 43.4 Å². The second-order valence-corrected chi connectivity index (χ2v) is 6.27. The van der Waals surface area contributed by atoms with Gasteiger partial charge < -0.3 is 10.6 Å². The second kappa shape index (κ2) is 4.55. The van der Waals surface area contributed by atoms with E-state index >= 15 is 0 Å². The van der Waals surface area contributed by atoms with Crippen LogP contribution in [0.25, 0.3) is 0 Å². The Morgan fingerprint density at radius 1 is 1.42 bits per heavy atom. The number of aliphatic imine (C=N–C) groups is 1. The van der Waals surface area contributed by atoms with E-state index in [9.17, 15) is 0 Å². The Bertz CT molecular complexity index is 508. The Labute approximate surface area is 115 Å². The average Bonchev–Trinajstić information content (AvgIpc) is 2.66. The summed E-state index contributed by atoms with van der Waals surface area (Å²) in [4.78, 5) is 6.86. The third-order valence-electron chi connectivity index (χ3n) is 4.57. The monoisotopic (exact) mass is 257 g/mol. The topological polar surface area (TPSA) is 41.6 Å². The molecule has 0 bridgehead atoms. The van der Waals surface area contributed by atoms with Crippen LogP contribution in [0.2, 0.25) is 0 Å². The zero-order valence-corrected chi connectivity index (χ0v) is 11.9. The van der Waals surface area contributed by atoms with Crippen molar-refractivity contribution in [3.8, 4) is 0 Å². The van der Waals surface area contributed by atoms with Crippen molar-refractivity contribution in [2.75, 3.05) is 11.4 Å². The molecule has 2 atom stereocenters. The first-order valence-electron chi connectivity index (χ1n) is 7.28. The highest BCUT2D eigenvalue weighted by Crippen LogP contribution is 2.42. The van der Waals surface area contributed by atoms with Crippen molar-refractivity contribution >= 4 is 11.6 Å². The minimum absolute atomic E-state index is 0.134. The van der Waals surface area contributed by atoms with E-state index < -0.39 is 0 Å². The molecule has 0 radical (unpaired) electrons. The van der Waals surface area contributed by atoms with E-state index in [-0.39, 0.29) is 5.54 Å². The molecule has 0 aromatic heterocycles. The van der Waals surface area contributed by atoms with Crippen molar-refractivity contribution in [2.24, 2.45) is 16.6 Å². The summed E-state index contributed by atoms with van der Waals surface area (Å²) in [6.07, 6.45) is 5.02. The van der Waals surface area contributed by atoms with E-state index in [1.165, 1.54) is 36.9 Å². The molecule has 1 aliphatic heterocycles. The van der Waals surface area contributed by atoms with E-state index in [1.807, 2.05) is 0 Å². The van der Waals surface area contributed by atoms with Gasteiger partial charge in [-0.3, -0.25) is 4.99 Å². The fourth-order valence-electron chi connectivity index (χ4n) is 3.76. The minimum Gasteiger partial charge on any atom is -0.369 e. The average molecular weight is 257 g/mol. The number of rotatable bonds is 1. The van der Waals surface area contributed by atoms with Crippen LogP contribution in [-0.2, 0) is 0 Å². The van der Waals surface area contributed by atoms with Crippen molar-refractivity contribution in [2.45, 2.75) is 45.1 Å². The van der Waals surface area contributed by atoms with Crippen LogP contribution in [0.1, 0.15) is 38.2 Å². The lowest BCUT2D eigenvalue weighted by Gasteiger charge is -2.44. The van der Waals surface area contributed by atoms with Gasteiger partial charge in [-0.1, -0.05) is 31.9 Å². The van der Waals surface area contributed by atoms with Crippen LogP contribution < -0.4 is 10.6 Å². The van der Waals surface area contributed by atoms with Gasteiger partial charge in [0.1, 0.15) is 0 Å². The van der Waals surface area contributed by atoms with Gasteiger partial charge >= 0.3 is 0 Å². The van der Waals surface area contributed by atoms with Crippen molar-refractivity contribution < 1.29 is 0 Å². The number of anilines is 1. The van der Waals surface area contributed by atoms with Crippen LogP contribution in [-0.4, -0.2) is 18.0 Å². The van der Waals surface area contributed by atoms with Gasteiger partial charge in [0.25, 0.3) is 0 Å². The second-order valence-electron chi connectivity index (χ2n) is 6.27. The Hall–Kier alpha value is -1.51. The molecule has 2 unspecified atom stereocenters. The highest BCUT2D eigenvalue weighted by Gasteiger charge is 2.45. The molecule has 1 aromatic rings. The number of guanidine groups is 1. The molecular formula is C16H23N3. The first kappa shape index (κ1) is 12.5. The summed E-state index contributed by atoms with van der Waals surface area (Å²) in [6.45, 7) is 5.34. The van der Waals surface area contributed by atoms with E-state index in [0.29, 0.717) is 5.96 Å². The maximum Gasteiger partial charge on any atom is 0.196 e. The maximum absolute atomic E-state index is 6.19. The van der Waals surface area contributed by atoms with Crippen LogP contribution in [0, 0.1) is 12.8 Å². The molecule has 2 aliphatic rings. The molecule has 1 fully saturated rings. The molecule has 1 aromatic carbocycles. The fraction of sp³-hybridized carbons (Fsp3) is 0.562. The van der Waals surface area contributed by atoms with Crippen LogP contribution in [0.5, 0.6) is 0 Å². The van der Waals surface area contributed by atoms with Crippen LogP contribution in [0.4, 0.5) is 5.69 Å². The third-order valence-corrected chi connectivity index (χ3v) is 4.57. The van der Waals surface area contributed by atoms with Crippen molar-refractivity contribution in [1.29, 1.82) is 0 Å². The fourth-order valence-corrected chi connectivity index (χ4v) is 3.76. The van der Waals surface area contributed by atoms with Gasteiger partial charge in [0.15, 0.2) is 5.96 Å². The van der Waals surface area contributed by atoms with Gasteiger partial charge in [0.2, 0.25) is 0 Å². The van der Waals surface area contributed by atoms with Gasteiger partial charge in [0.05, 0.1) is 12.1 Å². The lowest BCUT2D eigenvalue weighted by molar-refractivity contribution is 0.253. The SMILES string of the molecule is Cc1cccc(N2C(N)=NCC23CCCC(C)C3)c1. The summed E-state index contributed by atoms with van der Waals surface area (Å²) in [7, 11) is 0. The standard InChI is InChI=1S/C16H23N3/c1-12-5-3-7-14(9-12)19-15(17)18-11-16(19)8-4-6-13(2)10-16/h3,5,7,9,13H,4,6,8,10-11H2,1-2H3,(H2,17,18). The molecule has 102 valence electrons. The predicted molar refractivity (Wildman–Crippen MR) is 80.5 cm³/mol. The molecule has 1 saturated carbocycles. The molecule has 0 amide bonds. The minimum atomic E-state index is 0.134. The highest BCUT2D eigenvalue weighted by molar-refractivity contribution is 5.98. The van der Waals surface area contributed by atoms with E-state index in [1.54, 1.807) is 0 Å². The molecule has 3 nitrogen and oxygen atoms in total. The molecular weight excluding hydrogens is 234 g/mol. The van der Waals surface area contributed by atoms with E-state index in [0.717, 1.165) is 12.5 Å². The van der Waals surface area contributed by atoms with E-state index in [2.05, 4.69) is 48.0 Å². The first-order valence-corrected chi connectivity index (χ1v) is 7.28. The molecule has 2 N–H and O–H groups in total. The zero-order valence-electron chi connectivity index (χ0n) is 11.9. The smallest absolute Gasteiger partial charge is 0.196 e. The van der Waals surface area contributed by atoms with Crippen molar-refractivity contribution in [3.63, 3.8) is 0 Å². The third kappa shape index (κ3) is 2.11. The highest BCUT2D eigenvalue weighted by atomic mass is 15.4. The Kier molecular flexibility index (Phi) is 3.00. The van der Waals surface area contributed by atoms with Crippen LogP contribution in [0.3, 0.4) is 0 Å². The van der Waals surface area contributed by atoms with Gasteiger partial charge in [-0.25, -0.2) is 0 Å². The molecule has 1 spiro atoms. The summed E-state index contributed by atoms with van der Waals surface area (Å²) in [5, 5.41) is 0. The Morgan fingerprint density at radius 3 is 3.00 bits per heavy atom. The largest absolute Gasteiger partial charge is 0.369 e. The summed E-state index contributed by atoms with van der Waals surface area (Å²) in [6, 6.07) is 8.61. The lowest BCUT2D eigenvalue weighted by Crippen LogP contribution is -2.54. The summed E-state index contributed by atoms with van der Waals surface area (Å²) >= 11 is 0. The van der Waals surface area contributed by atoms with Crippen molar-refractivity contribution in [3.05, 3.63) is 29.8 Å². The molecule has 19 heavy (non-hydrogen) atoms. The lowest BCUT2D eigenvalue weighted by atomic mass is 9.75. The number of hydrogen-bond donors (Lipinski definition) is 1. The molecule has 3 rings (SSSR count). The number of nitrogens with zero attached hydrogens (tertiary/aromatic N) is 2. The van der Waals surface area contributed by atoms with Crippen molar-refractivity contribution in [1.82, 2.24) is 0 Å².